The van der Waals surface area contributed by atoms with Crippen molar-refractivity contribution in [3.8, 4) is 0 Å². The van der Waals surface area contributed by atoms with Crippen LogP contribution in [-0.4, -0.2) is 18.8 Å². The number of thioether (sulfide) groups is 1. The maximum absolute atomic E-state index is 6.04. The molecule has 1 aromatic rings. The molecule has 78 valence electrons. The van der Waals surface area contributed by atoms with Crippen molar-refractivity contribution in [3.63, 3.8) is 0 Å². The van der Waals surface area contributed by atoms with Crippen LogP contribution in [0.25, 0.3) is 0 Å². The van der Waals surface area contributed by atoms with Gasteiger partial charge in [0.05, 0.1) is 0 Å². The zero-order valence-corrected chi connectivity index (χ0v) is 10.00. The second-order valence-corrected chi connectivity index (χ2v) is 4.51. The van der Waals surface area contributed by atoms with Crippen LogP contribution in [0.1, 0.15) is 12.5 Å². The molecule has 0 aromatic heterocycles. The van der Waals surface area contributed by atoms with Crippen LogP contribution in [0.2, 0.25) is 5.02 Å². The van der Waals surface area contributed by atoms with Crippen LogP contribution < -0.4 is 5.32 Å². The SMILES string of the molecule is CCNCCSCc1ccccc1Cl. The Morgan fingerprint density at radius 2 is 2.14 bits per heavy atom. The molecule has 0 atom stereocenters. The van der Waals surface area contributed by atoms with E-state index in [0.717, 1.165) is 29.6 Å². The van der Waals surface area contributed by atoms with Crippen molar-refractivity contribution in [1.82, 2.24) is 5.32 Å². The number of halogens is 1. The van der Waals surface area contributed by atoms with E-state index < -0.39 is 0 Å². The third-order valence-corrected chi connectivity index (χ3v) is 3.27. The first-order chi connectivity index (χ1) is 6.84. The molecule has 0 aliphatic heterocycles. The second kappa shape index (κ2) is 7.16. The highest BCUT2D eigenvalue weighted by Gasteiger charge is 1.97. The highest BCUT2D eigenvalue weighted by atomic mass is 35.5. The van der Waals surface area contributed by atoms with Gasteiger partial charge in [0.15, 0.2) is 0 Å². The summed E-state index contributed by atoms with van der Waals surface area (Å²) in [4.78, 5) is 0. The Bertz CT molecular complexity index is 265. The summed E-state index contributed by atoms with van der Waals surface area (Å²) in [5.41, 5.74) is 1.23. The van der Waals surface area contributed by atoms with Gasteiger partial charge in [0, 0.05) is 23.1 Å². The average Bonchev–Trinajstić information content (AvgIpc) is 2.20. The Labute approximate surface area is 95.2 Å². The van der Waals surface area contributed by atoms with E-state index in [1.165, 1.54) is 5.56 Å². The van der Waals surface area contributed by atoms with E-state index in [2.05, 4.69) is 18.3 Å². The third-order valence-electron chi connectivity index (χ3n) is 1.89. The van der Waals surface area contributed by atoms with Crippen LogP contribution in [0.4, 0.5) is 0 Å². The van der Waals surface area contributed by atoms with Gasteiger partial charge in [-0.2, -0.15) is 11.8 Å². The molecule has 0 unspecified atom stereocenters. The maximum atomic E-state index is 6.04. The summed E-state index contributed by atoms with van der Waals surface area (Å²) in [5, 5.41) is 4.17. The van der Waals surface area contributed by atoms with Crippen LogP contribution in [0, 0.1) is 0 Å². The Hall–Kier alpha value is -0.180. The van der Waals surface area contributed by atoms with Crippen molar-refractivity contribution >= 4 is 23.4 Å². The molecule has 1 N–H and O–H groups in total. The Morgan fingerprint density at radius 3 is 2.86 bits per heavy atom. The average molecular weight is 230 g/mol. The van der Waals surface area contributed by atoms with E-state index >= 15 is 0 Å². The highest BCUT2D eigenvalue weighted by molar-refractivity contribution is 7.98. The fourth-order valence-electron chi connectivity index (χ4n) is 1.12. The van der Waals surface area contributed by atoms with Crippen LogP contribution in [-0.2, 0) is 5.75 Å². The zero-order valence-electron chi connectivity index (χ0n) is 8.42. The smallest absolute Gasteiger partial charge is 0.0446 e. The molecule has 3 heteroatoms. The van der Waals surface area contributed by atoms with E-state index in [9.17, 15) is 0 Å². The molecule has 1 rings (SSSR count). The molecule has 0 saturated carbocycles. The van der Waals surface area contributed by atoms with Gasteiger partial charge in [0.2, 0.25) is 0 Å². The molecule has 14 heavy (non-hydrogen) atoms. The third kappa shape index (κ3) is 4.36. The van der Waals surface area contributed by atoms with Crippen molar-refractivity contribution in [2.75, 3.05) is 18.8 Å². The minimum atomic E-state index is 0.878. The lowest BCUT2D eigenvalue weighted by atomic mass is 10.2. The summed E-state index contributed by atoms with van der Waals surface area (Å²) in [7, 11) is 0. The number of benzene rings is 1. The van der Waals surface area contributed by atoms with Crippen molar-refractivity contribution in [3.05, 3.63) is 34.9 Å². The fourth-order valence-corrected chi connectivity index (χ4v) is 2.31. The van der Waals surface area contributed by atoms with Crippen molar-refractivity contribution in [1.29, 1.82) is 0 Å². The summed E-state index contributed by atoms with van der Waals surface area (Å²) >= 11 is 7.95. The van der Waals surface area contributed by atoms with E-state index in [0.29, 0.717) is 0 Å². The first-order valence-corrected chi connectivity index (χ1v) is 6.39. The van der Waals surface area contributed by atoms with E-state index in [4.69, 9.17) is 11.6 Å². The van der Waals surface area contributed by atoms with Gasteiger partial charge in [-0.3, -0.25) is 0 Å². The van der Waals surface area contributed by atoms with Crippen molar-refractivity contribution in [2.45, 2.75) is 12.7 Å². The quantitative estimate of drug-likeness (QED) is 0.752. The maximum Gasteiger partial charge on any atom is 0.0446 e. The summed E-state index contributed by atoms with van der Waals surface area (Å²) in [5.74, 6) is 2.14. The lowest BCUT2D eigenvalue weighted by Crippen LogP contribution is -2.15. The number of nitrogens with one attached hydrogen (secondary N) is 1. The minimum Gasteiger partial charge on any atom is -0.316 e. The summed E-state index contributed by atoms with van der Waals surface area (Å²) in [6.07, 6.45) is 0. The molecule has 0 saturated heterocycles. The predicted molar refractivity (Wildman–Crippen MR) is 66.2 cm³/mol. The van der Waals surface area contributed by atoms with Crippen LogP contribution in [0.3, 0.4) is 0 Å². The van der Waals surface area contributed by atoms with Crippen LogP contribution in [0.15, 0.2) is 24.3 Å². The molecule has 1 aromatic carbocycles. The molecular formula is C11H16ClNS. The standard InChI is InChI=1S/C11H16ClNS/c1-2-13-7-8-14-9-10-5-3-4-6-11(10)12/h3-6,13H,2,7-9H2,1H3. The van der Waals surface area contributed by atoms with Gasteiger partial charge in [0.1, 0.15) is 0 Å². The Balaban J connectivity index is 2.21. The fraction of sp³-hybridized carbons (Fsp3) is 0.455. The first-order valence-electron chi connectivity index (χ1n) is 4.86. The topological polar surface area (TPSA) is 12.0 Å². The monoisotopic (exact) mass is 229 g/mol. The minimum absolute atomic E-state index is 0.878. The molecule has 0 fully saturated rings. The lowest BCUT2D eigenvalue weighted by molar-refractivity contribution is 0.768. The van der Waals surface area contributed by atoms with Crippen LogP contribution >= 0.6 is 23.4 Å². The molecule has 0 amide bonds. The van der Waals surface area contributed by atoms with E-state index in [1.54, 1.807) is 0 Å². The molecule has 1 nitrogen and oxygen atoms in total. The van der Waals surface area contributed by atoms with Gasteiger partial charge in [-0.1, -0.05) is 36.7 Å². The molecule has 0 spiro atoms. The van der Waals surface area contributed by atoms with Gasteiger partial charge in [-0.15, -0.1) is 0 Å². The summed E-state index contributed by atoms with van der Waals surface area (Å²) in [6, 6.07) is 8.03. The van der Waals surface area contributed by atoms with Gasteiger partial charge in [-0.05, 0) is 18.2 Å². The predicted octanol–water partition coefficient (Wildman–Crippen LogP) is 3.18. The Kier molecular flexibility index (Phi) is 6.08. The van der Waals surface area contributed by atoms with Gasteiger partial charge < -0.3 is 5.32 Å². The number of rotatable bonds is 6. The summed E-state index contributed by atoms with van der Waals surface area (Å²) < 4.78 is 0. The summed E-state index contributed by atoms with van der Waals surface area (Å²) in [6.45, 7) is 4.25. The van der Waals surface area contributed by atoms with Crippen LogP contribution in [0.5, 0.6) is 0 Å². The normalized spacial score (nSPS) is 10.4. The molecule has 0 radical (unpaired) electrons. The van der Waals surface area contributed by atoms with Crippen molar-refractivity contribution < 1.29 is 0 Å². The van der Waals surface area contributed by atoms with E-state index in [-0.39, 0.29) is 0 Å². The first kappa shape index (κ1) is 11.9. The van der Waals surface area contributed by atoms with Crippen molar-refractivity contribution in [2.24, 2.45) is 0 Å². The number of hydrogen-bond acceptors (Lipinski definition) is 2. The van der Waals surface area contributed by atoms with Gasteiger partial charge in [0.25, 0.3) is 0 Å². The highest BCUT2D eigenvalue weighted by Crippen LogP contribution is 2.20. The second-order valence-electron chi connectivity index (χ2n) is 3.00. The van der Waals surface area contributed by atoms with Gasteiger partial charge in [-0.25, -0.2) is 0 Å². The van der Waals surface area contributed by atoms with Gasteiger partial charge >= 0.3 is 0 Å². The molecule has 0 bridgehead atoms. The Morgan fingerprint density at radius 1 is 1.36 bits per heavy atom. The molecule has 0 aliphatic rings. The largest absolute Gasteiger partial charge is 0.316 e. The van der Waals surface area contributed by atoms with E-state index in [1.807, 2.05) is 30.0 Å². The molecule has 0 heterocycles. The zero-order chi connectivity index (χ0) is 10.2. The number of hydrogen-bond donors (Lipinski definition) is 1. The molecule has 0 aliphatic carbocycles. The lowest BCUT2D eigenvalue weighted by Gasteiger charge is -2.04. The molecular weight excluding hydrogens is 214 g/mol.